The van der Waals surface area contributed by atoms with E-state index >= 15 is 0 Å². The molecule has 2 saturated heterocycles. The van der Waals surface area contributed by atoms with E-state index in [1.54, 1.807) is 7.11 Å². The Hall–Kier alpha value is -1.90. The molecule has 0 aliphatic carbocycles. The minimum absolute atomic E-state index is 0.157. The summed E-state index contributed by atoms with van der Waals surface area (Å²) >= 11 is 0. The molecule has 27 heavy (non-hydrogen) atoms. The van der Waals surface area contributed by atoms with E-state index in [1.165, 1.54) is 18.4 Å². The first kappa shape index (κ1) is 19.9. The van der Waals surface area contributed by atoms with Crippen LogP contribution in [0.2, 0.25) is 0 Å². The molecule has 0 spiro atoms. The normalized spacial score (nSPS) is 22.2. The molecule has 0 bridgehead atoms. The van der Waals surface area contributed by atoms with Crippen molar-refractivity contribution in [3.8, 4) is 6.07 Å². The van der Waals surface area contributed by atoms with Gasteiger partial charge in [0.15, 0.2) is 0 Å². The van der Waals surface area contributed by atoms with Crippen LogP contribution in [0.4, 0.5) is 0 Å². The molecule has 5 nitrogen and oxygen atoms in total. The molecule has 1 aromatic rings. The van der Waals surface area contributed by atoms with Gasteiger partial charge in [-0.3, -0.25) is 9.69 Å². The van der Waals surface area contributed by atoms with Crippen molar-refractivity contribution >= 4 is 5.91 Å². The van der Waals surface area contributed by atoms with E-state index in [0.717, 1.165) is 51.9 Å². The minimum Gasteiger partial charge on any atom is -0.375 e. The Balaban J connectivity index is 1.56. The maximum Gasteiger partial charge on any atom is 0.248 e. The number of hydrogen-bond donors (Lipinski definition) is 0. The Morgan fingerprint density at radius 2 is 1.85 bits per heavy atom. The fourth-order valence-corrected chi connectivity index (χ4v) is 4.58. The van der Waals surface area contributed by atoms with Crippen molar-refractivity contribution in [3.05, 3.63) is 35.4 Å². The van der Waals surface area contributed by atoms with Crippen LogP contribution in [-0.2, 0) is 16.1 Å². The third-order valence-corrected chi connectivity index (χ3v) is 6.05. The van der Waals surface area contributed by atoms with E-state index in [-0.39, 0.29) is 12.5 Å². The van der Waals surface area contributed by atoms with Crippen LogP contribution in [0.3, 0.4) is 0 Å². The molecule has 5 heteroatoms. The number of carbonyl (C=O) groups is 1. The highest BCUT2D eigenvalue weighted by atomic mass is 16.5. The zero-order valence-corrected chi connectivity index (χ0v) is 16.4. The van der Waals surface area contributed by atoms with Crippen molar-refractivity contribution in [1.82, 2.24) is 9.80 Å². The van der Waals surface area contributed by atoms with E-state index in [4.69, 9.17) is 10.00 Å². The molecular formula is C22H31N3O2. The molecule has 2 aliphatic rings. The molecule has 1 unspecified atom stereocenters. The van der Waals surface area contributed by atoms with Crippen molar-refractivity contribution < 1.29 is 9.53 Å². The number of nitriles is 1. The zero-order valence-electron chi connectivity index (χ0n) is 16.4. The van der Waals surface area contributed by atoms with E-state index in [9.17, 15) is 4.79 Å². The largest absolute Gasteiger partial charge is 0.375 e. The number of rotatable bonds is 5. The maximum atomic E-state index is 12.5. The van der Waals surface area contributed by atoms with Gasteiger partial charge in [0.2, 0.25) is 5.91 Å². The number of amides is 1. The Labute approximate surface area is 162 Å². The van der Waals surface area contributed by atoms with Gasteiger partial charge in [-0.25, -0.2) is 0 Å². The second-order valence-electron chi connectivity index (χ2n) is 7.86. The van der Waals surface area contributed by atoms with E-state index in [0.29, 0.717) is 17.5 Å². The zero-order chi connectivity index (χ0) is 19.1. The molecule has 0 N–H and O–H groups in total. The predicted molar refractivity (Wildman–Crippen MR) is 105 cm³/mol. The molecule has 3 rings (SSSR count). The Morgan fingerprint density at radius 1 is 1.11 bits per heavy atom. The molecule has 146 valence electrons. The van der Waals surface area contributed by atoms with Crippen LogP contribution >= 0.6 is 0 Å². The fraction of sp³-hybridized carbons (Fsp3) is 0.636. The lowest BCUT2D eigenvalue weighted by Gasteiger charge is -2.40. The number of benzene rings is 1. The highest BCUT2D eigenvalue weighted by Crippen LogP contribution is 2.30. The molecule has 0 radical (unpaired) electrons. The first-order valence-electron chi connectivity index (χ1n) is 10.2. The van der Waals surface area contributed by atoms with Crippen molar-refractivity contribution in [3.63, 3.8) is 0 Å². The molecular weight excluding hydrogens is 338 g/mol. The monoisotopic (exact) mass is 369 g/mol. The number of hydrogen-bond acceptors (Lipinski definition) is 4. The van der Waals surface area contributed by atoms with Crippen LogP contribution in [0, 0.1) is 17.2 Å². The quantitative estimate of drug-likeness (QED) is 0.800. The van der Waals surface area contributed by atoms with Crippen LogP contribution < -0.4 is 0 Å². The van der Waals surface area contributed by atoms with Crippen molar-refractivity contribution in [2.75, 3.05) is 33.4 Å². The summed E-state index contributed by atoms with van der Waals surface area (Å²) in [7, 11) is 1.60. The minimum atomic E-state index is 0.157. The van der Waals surface area contributed by atoms with Gasteiger partial charge in [0.25, 0.3) is 0 Å². The average Bonchev–Trinajstić information content (AvgIpc) is 2.95. The van der Waals surface area contributed by atoms with E-state index < -0.39 is 0 Å². The number of likely N-dealkylation sites (tertiary alicyclic amines) is 2. The first-order valence-corrected chi connectivity index (χ1v) is 10.2. The molecule has 2 fully saturated rings. The van der Waals surface area contributed by atoms with Gasteiger partial charge in [0.1, 0.15) is 6.61 Å². The summed E-state index contributed by atoms with van der Waals surface area (Å²) in [5, 5.41) is 8.92. The number of piperidine rings is 1. The van der Waals surface area contributed by atoms with Crippen molar-refractivity contribution in [2.24, 2.45) is 5.92 Å². The third kappa shape index (κ3) is 5.31. The Kier molecular flexibility index (Phi) is 7.25. The molecule has 1 aromatic carbocycles. The number of nitrogens with zero attached hydrogens (tertiary/aromatic N) is 3. The van der Waals surface area contributed by atoms with Gasteiger partial charge in [0.05, 0.1) is 11.6 Å². The van der Waals surface area contributed by atoms with Crippen LogP contribution in [0.15, 0.2) is 24.3 Å². The topological polar surface area (TPSA) is 56.6 Å². The summed E-state index contributed by atoms with van der Waals surface area (Å²) in [6, 6.07) is 10.5. The molecule has 2 heterocycles. The molecule has 0 aromatic heterocycles. The summed E-state index contributed by atoms with van der Waals surface area (Å²) in [5.41, 5.74) is 1.98. The molecule has 1 amide bonds. The lowest BCUT2D eigenvalue weighted by Crippen LogP contribution is -2.48. The fourth-order valence-electron chi connectivity index (χ4n) is 4.58. The van der Waals surface area contributed by atoms with E-state index in [2.05, 4.69) is 28.0 Å². The summed E-state index contributed by atoms with van der Waals surface area (Å²) in [6.07, 6.45) is 7.01. The van der Waals surface area contributed by atoms with Gasteiger partial charge in [-0.2, -0.15) is 5.26 Å². The predicted octanol–water partition coefficient (Wildman–Crippen LogP) is 3.19. The smallest absolute Gasteiger partial charge is 0.248 e. The average molecular weight is 370 g/mol. The summed E-state index contributed by atoms with van der Waals surface area (Å²) in [4.78, 5) is 17.1. The van der Waals surface area contributed by atoms with Crippen LogP contribution in [0.1, 0.15) is 49.7 Å². The second-order valence-corrected chi connectivity index (χ2v) is 7.86. The lowest BCUT2D eigenvalue weighted by atomic mass is 9.86. The van der Waals surface area contributed by atoms with Crippen molar-refractivity contribution in [2.45, 2.75) is 51.1 Å². The van der Waals surface area contributed by atoms with Gasteiger partial charge >= 0.3 is 0 Å². The van der Waals surface area contributed by atoms with Crippen LogP contribution in [-0.4, -0.2) is 55.1 Å². The number of carbonyl (C=O) groups excluding carboxylic acids is 1. The third-order valence-electron chi connectivity index (χ3n) is 6.05. The number of methoxy groups -OCH3 is 1. The van der Waals surface area contributed by atoms with E-state index in [1.807, 2.05) is 12.1 Å². The van der Waals surface area contributed by atoms with Gasteiger partial charge in [0, 0.05) is 26.2 Å². The molecule has 0 saturated carbocycles. The second kappa shape index (κ2) is 9.87. The maximum absolute atomic E-state index is 12.5. The summed E-state index contributed by atoms with van der Waals surface area (Å²) in [5.74, 6) is 0.755. The first-order chi connectivity index (χ1) is 13.2. The summed E-state index contributed by atoms with van der Waals surface area (Å²) in [6.45, 7) is 4.18. The standard InChI is InChI=1S/C22H31N3O2/c1-27-17-22(26)25-12-4-2-3-5-21(25)20-10-13-24(14-11-20)16-19-8-6-18(15-23)7-9-19/h6-9,20-21H,2-5,10-14,16-17H2,1H3. The van der Waals surface area contributed by atoms with Gasteiger partial charge in [-0.15, -0.1) is 0 Å². The SMILES string of the molecule is COCC(=O)N1CCCCCC1C1CCN(Cc2ccc(C#N)cc2)CC1. The summed E-state index contributed by atoms with van der Waals surface area (Å²) < 4.78 is 5.11. The van der Waals surface area contributed by atoms with Crippen molar-refractivity contribution in [1.29, 1.82) is 5.26 Å². The Bertz CT molecular complexity index is 645. The highest BCUT2D eigenvalue weighted by Gasteiger charge is 2.33. The lowest BCUT2D eigenvalue weighted by molar-refractivity contribution is -0.139. The molecule has 2 aliphatic heterocycles. The Morgan fingerprint density at radius 3 is 2.52 bits per heavy atom. The van der Waals surface area contributed by atoms with Crippen LogP contribution in [0.5, 0.6) is 0 Å². The number of ether oxygens (including phenoxy) is 1. The highest BCUT2D eigenvalue weighted by molar-refractivity contribution is 5.77. The van der Waals surface area contributed by atoms with Gasteiger partial charge < -0.3 is 9.64 Å². The van der Waals surface area contributed by atoms with Gasteiger partial charge in [-0.1, -0.05) is 25.0 Å². The van der Waals surface area contributed by atoms with Crippen LogP contribution in [0.25, 0.3) is 0 Å². The van der Waals surface area contributed by atoms with Gasteiger partial charge in [-0.05, 0) is 62.4 Å². The molecule has 1 atom stereocenters.